The van der Waals surface area contributed by atoms with Crippen molar-refractivity contribution in [2.45, 2.75) is 19.1 Å². The summed E-state index contributed by atoms with van der Waals surface area (Å²) in [5.74, 6) is -1.90. The van der Waals surface area contributed by atoms with Gasteiger partial charge in [0.2, 0.25) is 0 Å². The Kier molecular flexibility index (Phi) is 6.55. The van der Waals surface area contributed by atoms with Crippen molar-refractivity contribution in [2.24, 2.45) is 0 Å². The average Bonchev–Trinajstić information content (AvgIpc) is 3.21. The Morgan fingerprint density at radius 1 is 1.12 bits per heavy atom. The van der Waals surface area contributed by atoms with E-state index < -0.39 is 18.1 Å². The maximum atomic E-state index is 11.4. The molecule has 33 heavy (non-hydrogen) atoms. The molecular formula is C19H18F3N5O6. The average molecular weight is 469 g/mol. The van der Waals surface area contributed by atoms with Crippen molar-refractivity contribution in [3.8, 4) is 11.5 Å². The molecule has 0 saturated heterocycles. The van der Waals surface area contributed by atoms with Gasteiger partial charge in [-0.05, 0) is 6.07 Å². The van der Waals surface area contributed by atoms with E-state index in [2.05, 4.69) is 20.2 Å². The summed E-state index contributed by atoms with van der Waals surface area (Å²) in [7, 11) is 3.15. The Labute approximate surface area is 183 Å². The summed E-state index contributed by atoms with van der Waals surface area (Å²) >= 11 is 0. The maximum absolute atomic E-state index is 11.4. The number of aromatic amines is 1. The first-order chi connectivity index (χ1) is 15.6. The number of hydrogen-bond acceptors (Lipinski definition) is 8. The molecule has 1 aromatic carbocycles. The Hall–Kier alpha value is -4.10. The molecule has 11 nitrogen and oxygen atoms in total. The highest BCUT2D eigenvalue weighted by Gasteiger charge is 2.38. The van der Waals surface area contributed by atoms with Crippen LogP contribution in [0.25, 0.3) is 10.9 Å². The van der Waals surface area contributed by atoms with Crippen molar-refractivity contribution in [1.82, 2.24) is 20.2 Å². The second-order valence-corrected chi connectivity index (χ2v) is 6.73. The minimum atomic E-state index is -5.08. The number of hydrogen-bond donors (Lipinski definition) is 3. The molecule has 1 aliphatic heterocycles. The minimum absolute atomic E-state index is 0.0577. The molecule has 0 atom stereocenters. The number of carboxylic acid groups (broad SMARTS) is 2. The molecular weight excluding hydrogens is 451 g/mol. The van der Waals surface area contributed by atoms with E-state index in [1.807, 2.05) is 11.0 Å². The molecule has 0 saturated carbocycles. The third-order valence-electron chi connectivity index (χ3n) is 4.80. The number of fused-ring (bicyclic) bond motifs is 2. The highest BCUT2D eigenvalue weighted by molar-refractivity contribution is 5.92. The van der Waals surface area contributed by atoms with E-state index in [1.165, 1.54) is 6.33 Å². The highest BCUT2D eigenvalue weighted by Crippen LogP contribution is 2.36. The van der Waals surface area contributed by atoms with Crippen molar-refractivity contribution in [1.29, 1.82) is 0 Å². The number of benzene rings is 1. The predicted molar refractivity (Wildman–Crippen MR) is 107 cm³/mol. The number of carboxylic acids is 2. The molecule has 1 aliphatic rings. The van der Waals surface area contributed by atoms with Gasteiger partial charge >= 0.3 is 18.1 Å². The summed E-state index contributed by atoms with van der Waals surface area (Å²) in [4.78, 5) is 31.1. The number of aromatic carboxylic acids is 1. The lowest BCUT2D eigenvalue weighted by Crippen LogP contribution is -2.31. The SMILES string of the molecule is COc1cc2ncnc(N3CCc4[nH]nc(C(=O)O)c4C3)c2cc1OC.O=C(O)C(F)(F)F. The van der Waals surface area contributed by atoms with E-state index in [0.29, 0.717) is 36.6 Å². The standard InChI is InChI=1S/C17H17N5O4.C2HF3O2/c1-25-13-5-9-12(6-14(13)26-2)18-8-19-16(9)22-4-3-11-10(7-22)15(17(23)24)21-20-11;3-2(4,5)1(6)7/h5-6,8H,3-4,7H2,1-2H3,(H,20,21)(H,23,24);(H,6,7). The van der Waals surface area contributed by atoms with Crippen molar-refractivity contribution >= 4 is 28.7 Å². The first-order valence-corrected chi connectivity index (χ1v) is 9.28. The van der Waals surface area contributed by atoms with Gasteiger partial charge in [0.05, 0.1) is 19.7 Å². The lowest BCUT2D eigenvalue weighted by atomic mass is 10.0. The minimum Gasteiger partial charge on any atom is -0.493 e. The molecule has 176 valence electrons. The van der Waals surface area contributed by atoms with Gasteiger partial charge in [0.25, 0.3) is 0 Å². The lowest BCUT2D eigenvalue weighted by molar-refractivity contribution is -0.192. The van der Waals surface area contributed by atoms with Crippen LogP contribution in [0.5, 0.6) is 11.5 Å². The highest BCUT2D eigenvalue weighted by atomic mass is 19.4. The molecule has 2 aromatic heterocycles. The van der Waals surface area contributed by atoms with Crippen LogP contribution < -0.4 is 14.4 Å². The fourth-order valence-electron chi connectivity index (χ4n) is 3.27. The van der Waals surface area contributed by atoms with Gasteiger partial charge in [0.15, 0.2) is 17.2 Å². The van der Waals surface area contributed by atoms with E-state index in [-0.39, 0.29) is 5.69 Å². The fourth-order valence-corrected chi connectivity index (χ4v) is 3.27. The Balaban J connectivity index is 0.000000383. The number of aliphatic carboxylic acids is 1. The van der Waals surface area contributed by atoms with Gasteiger partial charge in [-0.3, -0.25) is 5.10 Å². The molecule has 0 radical (unpaired) electrons. The van der Waals surface area contributed by atoms with Crippen LogP contribution in [-0.2, 0) is 17.8 Å². The van der Waals surface area contributed by atoms with E-state index in [1.54, 1.807) is 20.3 Å². The van der Waals surface area contributed by atoms with Crippen LogP contribution in [0.3, 0.4) is 0 Å². The predicted octanol–water partition coefficient (Wildman–Crippen LogP) is 2.26. The van der Waals surface area contributed by atoms with Gasteiger partial charge in [0, 0.05) is 42.2 Å². The van der Waals surface area contributed by atoms with Gasteiger partial charge in [-0.2, -0.15) is 18.3 Å². The third kappa shape index (κ3) is 4.88. The Bertz CT molecular complexity index is 1200. The number of alkyl halides is 3. The Morgan fingerprint density at radius 2 is 1.76 bits per heavy atom. The van der Waals surface area contributed by atoms with Crippen LogP contribution in [0.2, 0.25) is 0 Å². The summed E-state index contributed by atoms with van der Waals surface area (Å²) < 4.78 is 42.5. The normalized spacial score (nSPS) is 13.1. The molecule has 0 bridgehead atoms. The number of carbonyl (C=O) groups is 2. The number of methoxy groups -OCH3 is 2. The number of aromatic nitrogens is 4. The molecule has 0 spiro atoms. The summed E-state index contributed by atoms with van der Waals surface area (Å²) in [6.07, 6.45) is -2.93. The number of ether oxygens (including phenoxy) is 2. The summed E-state index contributed by atoms with van der Waals surface area (Å²) in [5, 5.41) is 24.0. The molecule has 0 amide bonds. The quantitative estimate of drug-likeness (QED) is 0.519. The van der Waals surface area contributed by atoms with Crippen molar-refractivity contribution in [2.75, 3.05) is 25.7 Å². The zero-order valence-corrected chi connectivity index (χ0v) is 17.3. The van der Waals surface area contributed by atoms with E-state index >= 15 is 0 Å². The summed E-state index contributed by atoms with van der Waals surface area (Å²) in [5.41, 5.74) is 2.33. The van der Waals surface area contributed by atoms with Crippen LogP contribution in [0, 0.1) is 0 Å². The van der Waals surface area contributed by atoms with Crippen LogP contribution in [-0.4, -0.2) is 69.3 Å². The zero-order chi connectivity index (χ0) is 24.3. The van der Waals surface area contributed by atoms with E-state index in [4.69, 9.17) is 19.4 Å². The van der Waals surface area contributed by atoms with Gasteiger partial charge in [-0.15, -0.1) is 0 Å². The second-order valence-electron chi connectivity index (χ2n) is 6.73. The summed E-state index contributed by atoms with van der Waals surface area (Å²) in [6.45, 7) is 1.10. The fraction of sp³-hybridized carbons (Fsp3) is 0.316. The molecule has 14 heteroatoms. The number of H-pyrrole nitrogens is 1. The molecule has 0 aliphatic carbocycles. The largest absolute Gasteiger partial charge is 0.493 e. The van der Waals surface area contributed by atoms with Crippen LogP contribution >= 0.6 is 0 Å². The van der Waals surface area contributed by atoms with Gasteiger partial charge in [0.1, 0.15) is 12.1 Å². The van der Waals surface area contributed by atoms with Gasteiger partial charge in [-0.25, -0.2) is 19.6 Å². The second kappa shape index (κ2) is 9.18. The van der Waals surface area contributed by atoms with Crippen molar-refractivity contribution in [3.63, 3.8) is 0 Å². The van der Waals surface area contributed by atoms with Crippen LogP contribution in [0.4, 0.5) is 19.0 Å². The molecule has 3 N–H and O–H groups in total. The zero-order valence-electron chi connectivity index (χ0n) is 17.3. The monoisotopic (exact) mass is 469 g/mol. The topological polar surface area (TPSA) is 151 Å². The number of anilines is 1. The van der Waals surface area contributed by atoms with Crippen LogP contribution in [0.15, 0.2) is 18.5 Å². The summed E-state index contributed by atoms with van der Waals surface area (Å²) in [6, 6.07) is 3.64. The molecule has 3 heterocycles. The molecule has 0 unspecified atom stereocenters. The van der Waals surface area contributed by atoms with Crippen molar-refractivity contribution in [3.05, 3.63) is 35.4 Å². The van der Waals surface area contributed by atoms with Gasteiger partial charge < -0.3 is 24.6 Å². The number of nitrogens with zero attached hydrogens (tertiary/aromatic N) is 4. The van der Waals surface area contributed by atoms with Crippen LogP contribution in [0.1, 0.15) is 21.7 Å². The first-order valence-electron chi connectivity index (χ1n) is 9.28. The smallest absolute Gasteiger partial charge is 0.490 e. The number of halogens is 3. The number of nitrogens with one attached hydrogen (secondary N) is 1. The van der Waals surface area contributed by atoms with Gasteiger partial charge in [-0.1, -0.05) is 0 Å². The molecule has 3 aromatic rings. The lowest BCUT2D eigenvalue weighted by Gasteiger charge is -2.28. The van der Waals surface area contributed by atoms with E-state index in [0.717, 1.165) is 22.4 Å². The number of rotatable bonds is 4. The van der Waals surface area contributed by atoms with E-state index in [9.17, 15) is 23.1 Å². The van der Waals surface area contributed by atoms with Crippen molar-refractivity contribution < 1.29 is 42.4 Å². The molecule has 4 rings (SSSR count). The third-order valence-corrected chi connectivity index (χ3v) is 4.80. The Morgan fingerprint density at radius 3 is 2.33 bits per heavy atom. The first kappa shape index (κ1) is 23.6. The maximum Gasteiger partial charge on any atom is 0.490 e. The molecule has 0 fully saturated rings.